The Labute approximate surface area is 138 Å². The van der Waals surface area contributed by atoms with E-state index >= 15 is 0 Å². The highest BCUT2D eigenvalue weighted by Crippen LogP contribution is 2.13. The summed E-state index contributed by atoms with van der Waals surface area (Å²) in [4.78, 5) is 24.9. The lowest BCUT2D eigenvalue weighted by Gasteiger charge is -2.09. The Hall–Kier alpha value is -3.54. The zero-order valence-electron chi connectivity index (χ0n) is 12.6. The molecule has 1 aromatic heterocycles. The third-order valence-corrected chi connectivity index (χ3v) is 3.28. The summed E-state index contributed by atoms with van der Waals surface area (Å²) in [6, 6.07) is 18.0. The van der Waals surface area contributed by atoms with Gasteiger partial charge in [0.15, 0.2) is 0 Å². The lowest BCUT2D eigenvalue weighted by molar-refractivity contribution is 0.0989. The van der Waals surface area contributed by atoms with Crippen LogP contribution in [0, 0.1) is 0 Å². The van der Waals surface area contributed by atoms with E-state index in [2.05, 4.69) is 20.8 Å². The summed E-state index contributed by atoms with van der Waals surface area (Å²) in [6.07, 6.45) is 2.55. The second-order valence-corrected chi connectivity index (χ2v) is 4.96. The largest absolute Gasteiger partial charge is 0.322 e. The van der Waals surface area contributed by atoms with E-state index in [1.807, 2.05) is 36.4 Å². The summed E-state index contributed by atoms with van der Waals surface area (Å²) in [6.45, 7) is 0. The minimum absolute atomic E-state index is 0.155. The Balaban J connectivity index is 1.82. The van der Waals surface area contributed by atoms with E-state index in [-0.39, 0.29) is 11.1 Å². The molecule has 118 valence electrons. The number of anilines is 2. The van der Waals surface area contributed by atoms with Crippen LogP contribution in [-0.2, 0) is 0 Å². The minimum Gasteiger partial charge on any atom is -0.322 e. The average molecular weight is 318 g/mol. The highest BCUT2D eigenvalue weighted by Gasteiger charge is 2.18. The first-order chi connectivity index (χ1) is 11.7. The quantitative estimate of drug-likeness (QED) is 0.774. The van der Waals surface area contributed by atoms with Gasteiger partial charge in [0.1, 0.15) is 0 Å². The average Bonchev–Trinajstić information content (AvgIpc) is 2.63. The molecule has 0 saturated carbocycles. The summed E-state index contributed by atoms with van der Waals surface area (Å²) < 4.78 is 0. The molecule has 3 rings (SSSR count). The van der Waals surface area contributed by atoms with Crippen molar-refractivity contribution in [1.82, 2.24) is 10.2 Å². The summed E-state index contributed by atoms with van der Waals surface area (Å²) in [5.41, 5.74) is 1.58. The molecule has 0 aliphatic heterocycles. The molecule has 0 aliphatic carbocycles. The first-order valence-electron chi connectivity index (χ1n) is 7.27. The van der Waals surface area contributed by atoms with Crippen molar-refractivity contribution in [2.45, 2.75) is 0 Å². The van der Waals surface area contributed by atoms with Crippen LogP contribution in [0.25, 0.3) is 0 Å². The maximum absolute atomic E-state index is 12.4. The van der Waals surface area contributed by atoms with Gasteiger partial charge in [0.05, 0.1) is 23.5 Å². The van der Waals surface area contributed by atoms with Crippen molar-refractivity contribution in [1.29, 1.82) is 0 Å². The number of benzene rings is 2. The van der Waals surface area contributed by atoms with E-state index in [0.29, 0.717) is 11.4 Å². The molecule has 0 atom stereocenters. The van der Waals surface area contributed by atoms with E-state index in [9.17, 15) is 9.59 Å². The van der Waals surface area contributed by atoms with Crippen molar-refractivity contribution in [3.05, 3.63) is 84.2 Å². The Morgan fingerprint density at radius 3 is 1.38 bits per heavy atom. The third-order valence-electron chi connectivity index (χ3n) is 3.28. The van der Waals surface area contributed by atoms with Gasteiger partial charge in [-0.1, -0.05) is 36.4 Å². The number of nitrogens with zero attached hydrogens (tertiary/aromatic N) is 2. The molecule has 0 bridgehead atoms. The van der Waals surface area contributed by atoms with Gasteiger partial charge in [-0.25, -0.2) is 0 Å². The van der Waals surface area contributed by atoms with Crippen LogP contribution in [0.4, 0.5) is 11.4 Å². The normalized spacial score (nSPS) is 10.0. The van der Waals surface area contributed by atoms with Crippen LogP contribution in [0.3, 0.4) is 0 Å². The van der Waals surface area contributed by atoms with E-state index in [0.717, 1.165) is 0 Å². The topological polar surface area (TPSA) is 84.0 Å². The monoisotopic (exact) mass is 318 g/mol. The standard InChI is InChI=1S/C18H14N4O2/c23-17(21-13-7-3-1-4-8-13)15-11-19-20-12-16(15)18(24)22-14-9-5-2-6-10-14/h1-12H,(H,21,23)(H,22,24). The first-order valence-corrected chi connectivity index (χ1v) is 7.27. The summed E-state index contributed by atoms with van der Waals surface area (Å²) >= 11 is 0. The fourth-order valence-electron chi connectivity index (χ4n) is 2.12. The zero-order chi connectivity index (χ0) is 16.8. The summed E-state index contributed by atoms with van der Waals surface area (Å²) in [5, 5.41) is 12.9. The predicted octanol–water partition coefficient (Wildman–Crippen LogP) is 2.98. The van der Waals surface area contributed by atoms with Crippen molar-refractivity contribution in [3.63, 3.8) is 0 Å². The third kappa shape index (κ3) is 3.61. The smallest absolute Gasteiger partial charge is 0.258 e. The van der Waals surface area contributed by atoms with Crippen LogP contribution in [0.5, 0.6) is 0 Å². The molecule has 6 nitrogen and oxygen atoms in total. The lowest BCUT2D eigenvalue weighted by atomic mass is 10.1. The minimum atomic E-state index is -0.422. The zero-order valence-corrected chi connectivity index (χ0v) is 12.6. The number of amides is 2. The van der Waals surface area contributed by atoms with Gasteiger partial charge in [-0.15, -0.1) is 0 Å². The van der Waals surface area contributed by atoms with Gasteiger partial charge in [0.25, 0.3) is 11.8 Å². The van der Waals surface area contributed by atoms with Gasteiger partial charge in [0.2, 0.25) is 0 Å². The fraction of sp³-hybridized carbons (Fsp3) is 0. The molecule has 0 unspecified atom stereocenters. The summed E-state index contributed by atoms with van der Waals surface area (Å²) in [7, 11) is 0. The van der Waals surface area contributed by atoms with Crippen LogP contribution in [-0.4, -0.2) is 22.0 Å². The van der Waals surface area contributed by atoms with Crippen molar-refractivity contribution >= 4 is 23.2 Å². The van der Waals surface area contributed by atoms with Crippen LogP contribution >= 0.6 is 0 Å². The number of aromatic nitrogens is 2. The first kappa shape index (κ1) is 15.4. The Morgan fingerprint density at radius 2 is 1.00 bits per heavy atom. The molecule has 0 radical (unpaired) electrons. The molecule has 6 heteroatoms. The molecule has 2 aromatic carbocycles. The van der Waals surface area contributed by atoms with Crippen LogP contribution in [0.15, 0.2) is 73.1 Å². The van der Waals surface area contributed by atoms with Gasteiger partial charge in [-0.05, 0) is 24.3 Å². The van der Waals surface area contributed by atoms with E-state index in [1.165, 1.54) is 12.4 Å². The molecule has 0 fully saturated rings. The van der Waals surface area contributed by atoms with E-state index in [1.54, 1.807) is 24.3 Å². The highest BCUT2D eigenvalue weighted by molar-refractivity contribution is 6.14. The highest BCUT2D eigenvalue weighted by atomic mass is 16.2. The molecular formula is C18H14N4O2. The van der Waals surface area contributed by atoms with Gasteiger partial charge in [-0.2, -0.15) is 10.2 Å². The fourth-order valence-corrected chi connectivity index (χ4v) is 2.12. The number of rotatable bonds is 4. The van der Waals surface area contributed by atoms with Gasteiger partial charge in [0, 0.05) is 11.4 Å². The molecule has 1 heterocycles. The molecule has 3 aromatic rings. The second-order valence-electron chi connectivity index (χ2n) is 4.96. The van der Waals surface area contributed by atoms with Crippen LogP contribution in [0.1, 0.15) is 20.7 Å². The molecule has 2 amide bonds. The summed E-state index contributed by atoms with van der Waals surface area (Å²) in [5.74, 6) is -0.844. The van der Waals surface area contributed by atoms with Crippen LogP contribution < -0.4 is 10.6 Å². The molecule has 0 saturated heterocycles. The van der Waals surface area contributed by atoms with Gasteiger partial charge in [-0.3, -0.25) is 9.59 Å². The van der Waals surface area contributed by atoms with Crippen molar-refractivity contribution in [3.8, 4) is 0 Å². The second kappa shape index (κ2) is 7.15. The number of para-hydroxylation sites is 2. The number of nitrogens with one attached hydrogen (secondary N) is 2. The molecule has 0 spiro atoms. The molecule has 2 N–H and O–H groups in total. The number of carbonyl (C=O) groups is 2. The Morgan fingerprint density at radius 1 is 0.625 bits per heavy atom. The van der Waals surface area contributed by atoms with Gasteiger partial charge < -0.3 is 10.6 Å². The van der Waals surface area contributed by atoms with Gasteiger partial charge >= 0.3 is 0 Å². The van der Waals surface area contributed by atoms with E-state index < -0.39 is 11.8 Å². The molecular weight excluding hydrogens is 304 g/mol. The maximum Gasteiger partial charge on any atom is 0.258 e. The Bertz CT molecular complexity index is 779. The Kier molecular flexibility index (Phi) is 4.57. The number of hydrogen-bond acceptors (Lipinski definition) is 4. The molecule has 0 aliphatic rings. The SMILES string of the molecule is O=C(Nc1ccccc1)c1cnncc1C(=O)Nc1ccccc1. The van der Waals surface area contributed by atoms with Crippen molar-refractivity contribution < 1.29 is 9.59 Å². The number of carbonyl (C=O) groups excluding carboxylic acids is 2. The maximum atomic E-state index is 12.4. The molecule has 24 heavy (non-hydrogen) atoms. The predicted molar refractivity (Wildman–Crippen MR) is 90.8 cm³/mol. The van der Waals surface area contributed by atoms with Crippen molar-refractivity contribution in [2.24, 2.45) is 0 Å². The lowest BCUT2D eigenvalue weighted by Crippen LogP contribution is -2.21. The van der Waals surface area contributed by atoms with Crippen LogP contribution in [0.2, 0.25) is 0 Å². The van der Waals surface area contributed by atoms with Crippen molar-refractivity contribution in [2.75, 3.05) is 10.6 Å². The van der Waals surface area contributed by atoms with E-state index in [4.69, 9.17) is 0 Å². The number of hydrogen-bond donors (Lipinski definition) is 2.